The van der Waals surface area contributed by atoms with E-state index in [0.717, 1.165) is 33.7 Å². The van der Waals surface area contributed by atoms with Gasteiger partial charge in [-0.2, -0.15) is 39.5 Å². The Morgan fingerprint density at radius 3 is 0.987 bits per heavy atom. The van der Waals surface area contributed by atoms with E-state index in [2.05, 4.69) is 30.3 Å². The first-order chi connectivity index (χ1) is 37.0. The minimum atomic E-state index is -4.74. The van der Waals surface area contributed by atoms with E-state index in [-0.39, 0.29) is 11.1 Å². The quantitative estimate of drug-likeness (QED) is 0.140. The van der Waals surface area contributed by atoms with Crippen LogP contribution in [0.2, 0.25) is 0 Å². The molecule has 7 nitrogen and oxygen atoms in total. The lowest BCUT2D eigenvalue weighted by Crippen LogP contribution is -2.11. The van der Waals surface area contributed by atoms with Gasteiger partial charge in [-0.3, -0.25) is 0 Å². The van der Waals surface area contributed by atoms with Gasteiger partial charge in [0.25, 0.3) is 0 Å². The zero-order chi connectivity index (χ0) is 52.8. The highest BCUT2D eigenvalue weighted by molar-refractivity contribution is 6.14. The molecule has 0 N–H and O–H groups in total. The van der Waals surface area contributed by atoms with Crippen LogP contribution < -0.4 is 0 Å². The largest absolute Gasteiger partial charge is 0.416 e. The molecule has 0 aliphatic heterocycles. The average Bonchev–Trinajstić information content (AvgIpc) is 3.99. The van der Waals surface area contributed by atoms with Crippen LogP contribution in [-0.4, -0.2) is 15.3 Å². The highest BCUT2D eigenvalue weighted by Gasteiger charge is 2.32. The summed E-state index contributed by atoms with van der Waals surface area (Å²) in [5, 5.41) is 55.5. The second-order valence-corrected chi connectivity index (χ2v) is 18.3. The molecule has 0 aliphatic carbocycles. The van der Waals surface area contributed by atoms with Gasteiger partial charge in [-0.25, -0.2) is 0 Å². The molecule has 0 unspecified atom stereocenters. The van der Waals surface area contributed by atoms with Gasteiger partial charge in [0, 0.05) is 27.1 Å². The molecule has 358 valence electrons. The van der Waals surface area contributed by atoms with Crippen LogP contribution in [0, 0.1) is 56.7 Å². The van der Waals surface area contributed by atoms with Crippen molar-refractivity contribution in [3.63, 3.8) is 0 Å². The maximum absolute atomic E-state index is 15.1. The number of allylic oxidation sites excluding steroid dienone is 4. The van der Waals surface area contributed by atoms with E-state index in [0.29, 0.717) is 106 Å². The van der Waals surface area contributed by atoms with E-state index < -0.39 is 11.7 Å². The molecule has 0 radical (unpaired) electrons. The Morgan fingerprint density at radius 2 is 0.724 bits per heavy atom. The fourth-order valence-corrected chi connectivity index (χ4v) is 10.6. The summed E-state index contributed by atoms with van der Waals surface area (Å²) < 4.78 is 49.3. The van der Waals surface area contributed by atoms with Crippen LogP contribution in [0.4, 0.5) is 13.2 Å². The highest BCUT2D eigenvalue weighted by Crippen LogP contribution is 2.45. The van der Waals surface area contributed by atoms with Gasteiger partial charge in [-0.05, 0) is 131 Å². The van der Waals surface area contributed by atoms with Gasteiger partial charge < -0.3 is 9.13 Å². The maximum Gasteiger partial charge on any atom is 0.416 e. The van der Waals surface area contributed by atoms with Crippen LogP contribution in [0.3, 0.4) is 0 Å². The van der Waals surface area contributed by atoms with Crippen molar-refractivity contribution in [1.29, 1.82) is 26.3 Å². The molecule has 10 heteroatoms. The molecule has 0 atom stereocenters. The van der Waals surface area contributed by atoms with E-state index >= 15 is 13.2 Å². The van der Waals surface area contributed by atoms with Gasteiger partial charge in [0.15, 0.2) is 0 Å². The summed E-state index contributed by atoms with van der Waals surface area (Å²) in [6, 6.07) is 67.5. The third kappa shape index (κ3) is 7.99. The molecule has 9 aromatic carbocycles. The van der Waals surface area contributed by atoms with Crippen LogP contribution in [-0.2, 0) is 0 Å². The Kier molecular flexibility index (Phi) is 11.9. The minimum absolute atomic E-state index is 0.197. The molecule has 0 saturated carbocycles. The average molecular weight is 986 g/mol. The monoisotopic (exact) mass is 985 g/mol. The Hall–Kier alpha value is -10.7. The number of hydrogen-bond acceptors (Lipinski definition) is 5. The number of rotatable bonds is 8. The van der Waals surface area contributed by atoms with Gasteiger partial charge in [0.2, 0.25) is 0 Å². The summed E-state index contributed by atoms with van der Waals surface area (Å²) in [5.74, 6) is 0. The molecule has 76 heavy (non-hydrogen) atoms. The lowest BCUT2D eigenvalue weighted by Gasteiger charge is -2.22. The number of hydrogen-bond donors (Lipinski definition) is 0. The van der Waals surface area contributed by atoms with Crippen molar-refractivity contribution in [2.75, 3.05) is 0 Å². The molecule has 2 heterocycles. The SMILES string of the molecule is C/C=C(\C=C(/C)c1c(-n2c3cc(-c4ccccc4C#N)ccc3c3ccc(-c4ccccc4C#N)cc32)cc(C#N)cc1-n1c2cc(-c3ccccc3C#N)ccc2c2ccc(-c3ccccc3C#N)cc21)C(F)(F)F. The molecular formula is C66H38F3N7. The first-order valence-corrected chi connectivity index (χ1v) is 24.1. The van der Waals surface area contributed by atoms with Crippen molar-refractivity contribution in [2.45, 2.75) is 20.0 Å². The van der Waals surface area contributed by atoms with E-state index in [1.807, 2.05) is 130 Å². The Labute approximate surface area is 435 Å². The highest BCUT2D eigenvalue weighted by atomic mass is 19.4. The molecule has 11 rings (SSSR count). The maximum atomic E-state index is 15.1. The first kappa shape index (κ1) is 47.6. The molecule has 0 aliphatic rings. The fourth-order valence-electron chi connectivity index (χ4n) is 10.6. The van der Waals surface area contributed by atoms with Crippen LogP contribution in [0.1, 0.15) is 47.2 Å². The molecule has 0 amide bonds. The van der Waals surface area contributed by atoms with Crippen LogP contribution in [0.5, 0.6) is 0 Å². The normalized spacial score (nSPS) is 11.8. The molecule has 0 fully saturated rings. The lowest BCUT2D eigenvalue weighted by molar-refractivity contribution is -0.0882. The molecular weight excluding hydrogens is 948 g/mol. The molecule has 0 saturated heterocycles. The van der Waals surface area contributed by atoms with Gasteiger partial charge >= 0.3 is 6.18 Å². The predicted molar refractivity (Wildman–Crippen MR) is 294 cm³/mol. The van der Waals surface area contributed by atoms with E-state index in [1.54, 1.807) is 67.6 Å². The number of alkyl halides is 3. The zero-order valence-corrected chi connectivity index (χ0v) is 40.7. The summed E-state index contributed by atoms with van der Waals surface area (Å²) in [6.45, 7) is 2.98. The summed E-state index contributed by atoms with van der Waals surface area (Å²) >= 11 is 0. The molecule has 0 spiro atoms. The van der Waals surface area contributed by atoms with E-state index in [1.165, 1.54) is 6.92 Å². The zero-order valence-electron chi connectivity index (χ0n) is 40.7. The molecule has 0 bridgehead atoms. The van der Waals surface area contributed by atoms with Crippen molar-refractivity contribution in [2.24, 2.45) is 0 Å². The number of fused-ring (bicyclic) bond motifs is 6. The Morgan fingerprint density at radius 1 is 0.421 bits per heavy atom. The second-order valence-electron chi connectivity index (χ2n) is 18.3. The molecule has 11 aromatic rings. The van der Waals surface area contributed by atoms with Crippen molar-refractivity contribution in [3.8, 4) is 86.2 Å². The Balaban J connectivity index is 1.35. The number of benzene rings is 9. The smallest absolute Gasteiger partial charge is 0.308 e. The van der Waals surface area contributed by atoms with Gasteiger partial charge in [-0.1, -0.05) is 127 Å². The number of nitriles is 5. The van der Waals surface area contributed by atoms with Crippen LogP contribution in [0.15, 0.2) is 200 Å². The third-order valence-corrected chi connectivity index (χ3v) is 14.1. The number of aromatic nitrogens is 2. The fraction of sp³-hybridized carbons (Fsp3) is 0.0455. The number of nitrogens with zero attached hydrogens (tertiary/aromatic N) is 7. The van der Waals surface area contributed by atoms with Gasteiger partial charge in [0.1, 0.15) is 0 Å². The topological polar surface area (TPSA) is 129 Å². The first-order valence-electron chi connectivity index (χ1n) is 24.1. The number of halogens is 3. The summed E-state index contributed by atoms with van der Waals surface area (Å²) in [5.41, 5.74) is 10.5. The van der Waals surface area contributed by atoms with Crippen molar-refractivity contribution < 1.29 is 13.2 Å². The van der Waals surface area contributed by atoms with Crippen molar-refractivity contribution in [3.05, 3.63) is 233 Å². The van der Waals surface area contributed by atoms with E-state index in [4.69, 9.17) is 0 Å². The van der Waals surface area contributed by atoms with Crippen molar-refractivity contribution in [1.82, 2.24) is 9.13 Å². The summed E-state index contributed by atoms with van der Waals surface area (Å²) in [7, 11) is 0. The summed E-state index contributed by atoms with van der Waals surface area (Å²) in [4.78, 5) is 0. The standard InChI is InChI=1S/C66H38F3N7/c1-3-50(66(67,68)69)28-40(2)65-63(75-59-31-42(51-16-8-4-12-46(51)36-71)20-24-55(59)56-25-21-43(32-60(56)75)52-17-9-5-13-47(52)37-72)29-41(35-70)30-64(65)76-61-33-44(53-18-10-6-14-48(53)38-73)22-26-57(61)58-27-23-45(34-62(58)76)54-19-11-7-15-49(54)39-74/h3-34H,1-2H3/b40-28+,50-3+. The second kappa shape index (κ2) is 19.0. The predicted octanol–water partition coefficient (Wildman–Crippen LogP) is 16.8. The molecule has 2 aromatic heterocycles. The van der Waals surface area contributed by atoms with Gasteiger partial charge in [0.05, 0.1) is 97.2 Å². The lowest BCUT2D eigenvalue weighted by atomic mass is 9.96. The third-order valence-electron chi connectivity index (χ3n) is 14.1. The van der Waals surface area contributed by atoms with E-state index in [9.17, 15) is 26.3 Å². The van der Waals surface area contributed by atoms with Crippen molar-refractivity contribution >= 4 is 49.2 Å². The van der Waals surface area contributed by atoms with Crippen LogP contribution in [0.25, 0.3) is 105 Å². The minimum Gasteiger partial charge on any atom is -0.308 e. The summed E-state index contributed by atoms with van der Waals surface area (Å²) in [6.07, 6.45) is -2.58. The van der Waals surface area contributed by atoms with Gasteiger partial charge in [-0.15, -0.1) is 0 Å². The Bertz CT molecular complexity index is 4060. The van der Waals surface area contributed by atoms with Crippen LogP contribution >= 0.6 is 0 Å².